The molecule has 0 unspecified atom stereocenters. The largest absolute Gasteiger partial charge is 0.455 e. The maximum absolute atomic E-state index is 12.5. The fraction of sp³-hybridized carbons (Fsp3) is 0.133. The summed E-state index contributed by atoms with van der Waals surface area (Å²) < 4.78 is 43.0. The molecular weight excluding hydrogens is 327 g/mol. The first kappa shape index (κ1) is 15.8. The number of furan rings is 1. The number of imide groups is 1. The van der Waals surface area contributed by atoms with Crippen molar-refractivity contribution in [2.75, 3.05) is 6.54 Å². The predicted molar refractivity (Wildman–Crippen MR) is 77.0 cm³/mol. The van der Waals surface area contributed by atoms with Crippen LogP contribution >= 0.6 is 0 Å². The van der Waals surface area contributed by atoms with Crippen molar-refractivity contribution in [1.82, 2.24) is 10.3 Å². The van der Waals surface area contributed by atoms with Gasteiger partial charge in [-0.25, -0.2) is 9.80 Å². The molecule has 3 rings (SSSR count). The second-order valence-electron chi connectivity index (χ2n) is 4.93. The molecule has 1 fully saturated rings. The van der Waals surface area contributed by atoms with Crippen LogP contribution in [0.5, 0.6) is 0 Å². The van der Waals surface area contributed by atoms with Crippen LogP contribution in [0, 0.1) is 0 Å². The van der Waals surface area contributed by atoms with E-state index in [1.807, 2.05) is 0 Å². The van der Waals surface area contributed by atoms with Gasteiger partial charge in [-0.15, -0.1) is 0 Å². The van der Waals surface area contributed by atoms with Crippen molar-refractivity contribution < 1.29 is 27.2 Å². The highest BCUT2D eigenvalue weighted by Crippen LogP contribution is 2.31. The van der Waals surface area contributed by atoms with Crippen LogP contribution in [0.2, 0.25) is 0 Å². The first-order valence-electron chi connectivity index (χ1n) is 6.76. The standard InChI is InChI=1S/C15H10F3N3O3/c16-15(17,18)10-3-1-9(2-4-10)12-6-5-11(24-12)7-19-21-8-13(22)20-14(21)23/h1-7H,8H2,(H,20,22,23). The van der Waals surface area contributed by atoms with Crippen LogP contribution in [0.1, 0.15) is 11.3 Å². The smallest absolute Gasteiger partial charge is 0.416 e. The van der Waals surface area contributed by atoms with E-state index in [0.29, 0.717) is 11.3 Å². The molecule has 1 aromatic heterocycles. The Morgan fingerprint density at radius 2 is 1.83 bits per heavy atom. The summed E-state index contributed by atoms with van der Waals surface area (Å²) >= 11 is 0. The highest BCUT2D eigenvalue weighted by atomic mass is 19.4. The highest BCUT2D eigenvalue weighted by molar-refractivity contribution is 6.02. The van der Waals surface area contributed by atoms with Crippen LogP contribution in [-0.4, -0.2) is 29.7 Å². The van der Waals surface area contributed by atoms with Gasteiger partial charge in [-0.2, -0.15) is 18.3 Å². The number of amides is 3. The number of hydrogen-bond acceptors (Lipinski definition) is 4. The molecule has 0 atom stereocenters. The minimum absolute atomic E-state index is 0.179. The maximum Gasteiger partial charge on any atom is 0.416 e. The number of benzene rings is 1. The predicted octanol–water partition coefficient (Wildman–Crippen LogP) is 2.85. The van der Waals surface area contributed by atoms with Gasteiger partial charge < -0.3 is 4.42 Å². The Morgan fingerprint density at radius 1 is 1.12 bits per heavy atom. The average molecular weight is 337 g/mol. The molecule has 1 saturated heterocycles. The van der Waals surface area contributed by atoms with Crippen molar-refractivity contribution in [3.8, 4) is 11.3 Å². The molecule has 124 valence electrons. The second-order valence-corrected chi connectivity index (χ2v) is 4.93. The monoisotopic (exact) mass is 337 g/mol. The van der Waals surface area contributed by atoms with Crippen LogP contribution in [-0.2, 0) is 11.0 Å². The Bertz CT molecular complexity index is 809. The van der Waals surface area contributed by atoms with E-state index in [1.54, 1.807) is 12.1 Å². The summed E-state index contributed by atoms with van der Waals surface area (Å²) in [5.41, 5.74) is -0.277. The molecule has 0 radical (unpaired) electrons. The summed E-state index contributed by atoms with van der Waals surface area (Å²) in [6, 6.07) is 7.01. The number of carbonyl (C=O) groups is 2. The van der Waals surface area contributed by atoms with Gasteiger partial charge in [0, 0.05) is 5.56 Å². The van der Waals surface area contributed by atoms with Gasteiger partial charge in [-0.3, -0.25) is 10.1 Å². The van der Waals surface area contributed by atoms with Crippen LogP contribution in [0.4, 0.5) is 18.0 Å². The van der Waals surface area contributed by atoms with Crippen LogP contribution < -0.4 is 5.32 Å². The first-order valence-corrected chi connectivity index (χ1v) is 6.76. The number of hydrazone groups is 1. The summed E-state index contributed by atoms with van der Waals surface area (Å²) in [7, 11) is 0. The summed E-state index contributed by atoms with van der Waals surface area (Å²) in [5.74, 6) is 0.186. The van der Waals surface area contributed by atoms with Gasteiger partial charge in [0.1, 0.15) is 18.1 Å². The molecule has 0 saturated carbocycles. The minimum atomic E-state index is -4.40. The van der Waals surface area contributed by atoms with E-state index >= 15 is 0 Å². The zero-order valence-electron chi connectivity index (χ0n) is 12.0. The number of alkyl halides is 3. The van der Waals surface area contributed by atoms with E-state index in [0.717, 1.165) is 17.1 Å². The fourth-order valence-electron chi connectivity index (χ4n) is 2.05. The summed E-state index contributed by atoms with van der Waals surface area (Å²) in [5, 5.41) is 6.81. The SMILES string of the molecule is O=C1CN(N=Cc2ccc(-c3ccc(C(F)(F)F)cc3)o2)C(=O)N1. The topological polar surface area (TPSA) is 74.9 Å². The van der Waals surface area contributed by atoms with Crippen LogP contribution in [0.3, 0.4) is 0 Å². The van der Waals surface area contributed by atoms with E-state index < -0.39 is 23.7 Å². The maximum atomic E-state index is 12.5. The first-order chi connectivity index (χ1) is 11.3. The van der Waals surface area contributed by atoms with Crippen molar-refractivity contribution in [2.45, 2.75) is 6.18 Å². The second kappa shape index (κ2) is 5.84. The van der Waals surface area contributed by atoms with E-state index in [9.17, 15) is 22.8 Å². The zero-order chi connectivity index (χ0) is 17.3. The van der Waals surface area contributed by atoms with E-state index in [1.165, 1.54) is 18.3 Å². The van der Waals surface area contributed by atoms with Gasteiger partial charge in [0.15, 0.2) is 0 Å². The van der Waals surface area contributed by atoms with Crippen LogP contribution in [0.15, 0.2) is 45.9 Å². The normalized spacial score (nSPS) is 15.4. The number of rotatable bonds is 3. The van der Waals surface area contributed by atoms with Gasteiger partial charge in [-0.05, 0) is 24.3 Å². The van der Waals surface area contributed by atoms with Crippen molar-refractivity contribution in [3.05, 3.63) is 47.7 Å². The van der Waals surface area contributed by atoms with Gasteiger partial charge in [-0.1, -0.05) is 12.1 Å². The minimum Gasteiger partial charge on any atom is -0.455 e. The third-order valence-corrected chi connectivity index (χ3v) is 3.22. The Morgan fingerprint density at radius 3 is 2.42 bits per heavy atom. The molecule has 6 nitrogen and oxygen atoms in total. The Hall–Kier alpha value is -3.10. The average Bonchev–Trinajstić information content (AvgIpc) is 3.11. The molecule has 0 spiro atoms. The fourth-order valence-corrected chi connectivity index (χ4v) is 2.05. The molecule has 9 heteroatoms. The molecule has 2 heterocycles. The molecule has 0 aliphatic carbocycles. The molecular formula is C15H10F3N3O3. The number of urea groups is 1. The van der Waals surface area contributed by atoms with Gasteiger partial charge in [0.2, 0.25) is 5.91 Å². The zero-order valence-corrected chi connectivity index (χ0v) is 12.0. The number of nitrogens with zero attached hydrogens (tertiary/aromatic N) is 2. The van der Waals surface area contributed by atoms with E-state index in [4.69, 9.17) is 4.42 Å². The molecule has 1 aliphatic heterocycles. The quantitative estimate of drug-likeness (QED) is 0.691. The lowest BCUT2D eigenvalue weighted by Crippen LogP contribution is -2.24. The molecule has 1 N–H and O–H groups in total. The Kier molecular flexibility index (Phi) is 3.84. The number of carbonyl (C=O) groups excluding carboxylic acids is 2. The lowest BCUT2D eigenvalue weighted by molar-refractivity contribution is -0.137. The van der Waals surface area contributed by atoms with Crippen molar-refractivity contribution in [2.24, 2.45) is 5.10 Å². The molecule has 24 heavy (non-hydrogen) atoms. The van der Waals surface area contributed by atoms with Gasteiger partial charge in [0.25, 0.3) is 0 Å². The third kappa shape index (κ3) is 3.29. The summed E-state index contributed by atoms with van der Waals surface area (Å²) in [4.78, 5) is 22.3. The molecule has 0 bridgehead atoms. The molecule has 1 aliphatic rings. The van der Waals surface area contributed by atoms with Crippen molar-refractivity contribution >= 4 is 18.2 Å². The van der Waals surface area contributed by atoms with Gasteiger partial charge in [0.05, 0.1) is 11.8 Å². The highest BCUT2D eigenvalue weighted by Gasteiger charge is 2.30. The van der Waals surface area contributed by atoms with E-state index in [2.05, 4.69) is 10.4 Å². The number of nitrogens with one attached hydrogen (secondary N) is 1. The third-order valence-electron chi connectivity index (χ3n) is 3.22. The Balaban J connectivity index is 1.74. The molecule has 1 aromatic carbocycles. The van der Waals surface area contributed by atoms with Gasteiger partial charge >= 0.3 is 12.2 Å². The van der Waals surface area contributed by atoms with Crippen LogP contribution in [0.25, 0.3) is 11.3 Å². The Labute approximate surface area is 133 Å². The summed E-state index contributed by atoms with van der Waals surface area (Å²) in [6.07, 6.45) is -3.15. The summed E-state index contributed by atoms with van der Waals surface area (Å²) in [6.45, 7) is -0.179. The number of halogens is 3. The molecule has 3 amide bonds. The lowest BCUT2D eigenvalue weighted by atomic mass is 10.1. The van der Waals surface area contributed by atoms with E-state index in [-0.39, 0.29) is 12.3 Å². The number of hydrogen-bond donors (Lipinski definition) is 1. The van der Waals surface area contributed by atoms with Crippen molar-refractivity contribution in [3.63, 3.8) is 0 Å². The molecule has 2 aromatic rings. The lowest BCUT2D eigenvalue weighted by Gasteiger charge is -2.06. The van der Waals surface area contributed by atoms with Crippen molar-refractivity contribution in [1.29, 1.82) is 0 Å².